The number of isocyanates is 1. The molecule has 0 spiro atoms. The van der Waals surface area contributed by atoms with E-state index in [4.69, 9.17) is 16.0 Å². The average molecular weight is 236 g/mol. The summed E-state index contributed by atoms with van der Waals surface area (Å²) in [7, 11) is 0. The van der Waals surface area contributed by atoms with Gasteiger partial charge in [-0.2, -0.15) is 4.99 Å². The Hall–Kier alpha value is -1.57. The SMILES string of the molecule is CCc1oc2c(N=C=O)cc(Cl)cc2c1C. The van der Waals surface area contributed by atoms with Crippen LogP contribution in [0, 0.1) is 6.92 Å². The van der Waals surface area contributed by atoms with Gasteiger partial charge in [-0.3, -0.25) is 0 Å². The minimum Gasteiger partial charge on any atom is -0.458 e. The van der Waals surface area contributed by atoms with Gasteiger partial charge in [-0.05, 0) is 24.6 Å². The molecule has 1 aromatic carbocycles. The summed E-state index contributed by atoms with van der Waals surface area (Å²) < 4.78 is 5.66. The van der Waals surface area contributed by atoms with Crippen molar-refractivity contribution >= 4 is 34.3 Å². The lowest BCUT2D eigenvalue weighted by Crippen LogP contribution is -1.77. The molecule has 0 N–H and O–H groups in total. The van der Waals surface area contributed by atoms with E-state index in [0.717, 1.165) is 23.1 Å². The first-order chi connectivity index (χ1) is 7.67. The summed E-state index contributed by atoms with van der Waals surface area (Å²) in [4.78, 5) is 13.9. The topological polar surface area (TPSA) is 42.6 Å². The Morgan fingerprint density at radius 1 is 1.50 bits per heavy atom. The highest BCUT2D eigenvalue weighted by Gasteiger charge is 2.13. The van der Waals surface area contributed by atoms with Crippen molar-refractivity contribution in [1.82, 2.24) is 0 Å². The smallest absolute Gasteiger partial charge is 0.240 e. The van der Waals surface area contributed by atoms with Crippen molar-refractivity contribution in [2.45, 2.75) is 20.3 Å². The summed E-state index contributed by atoms with van der Waals surface area (Å²) in [6.07, 6.45) is 2.30. The largest absolute Gasteiger partial charge is 0.458 e. The van der Waals surface area contributed by atoms with Gasteiger partial charge in [-0.15, -0.1) is 0 Å². The fourth-order valence-electron chi connectivity index (χ4n) is 1.78. The van der Waals surface area contributed by atoms with E-state index in [1.807, 2.05) is 19.9 Å². The van der Waals surface area contributed by atoms with Crippen molar-refractivity contribution < 1.29 is 9.21 Å². The number of aryl methyl sites for hydroxylation is 2. The molecule has 0 bridgehead atoms. The van der Waals surface area contributed by atoms with Gasteiger partial charge in [-0.1, -0.05) is 18.5 Å². The van der Waals surface area contributed by atoms with Crippen LogP contribution in [0.3, 0.4) is 0 Å². The number of benzene rings is 1. The van der Waals surface area contributed by atoms with Crippen LogP contribution in [0.5, 0.6) is 0 Å². The average Bonchev–Trinajstić information content (AvgIpc) is 2.57. The van der Waals surface area contributed by atoms with Crippen LogP contribution in [-0.2, 0) is 11.2 Å². The quantitative estimate of drug-likeness (QED) is 0.585. The maximum absolute atomic E-state index is 10.3. The number of aliphatic imine (C=N–C) groups is 1. The highest BCUT2D eigenvalue weighted by Crippen LogP contribution is 2.35. The van der Waals surface area contributed by atoms with E-state index in [0.29, 0.717) is 16.3 Å². The van der Waals surface area contributed by atoms with E-state index in [1.54, 1.807) is 6.07 Å². The van der Waals surface area contributed by atoms with Crippen molar-refractivity contribution in [2.24, 2.45) is 4.99 Å². The first-order valence-corrected chi connectivity index (χ1v) is 5.34. The van der Waals surface area contributed by atoms with Gasteiger partial charge in [-0.25, -0.2) is 4.79 Å². The Morgan fingerprint density at radius 3 is 2.88 bits per heavy atom. The number of hydrogen-bond acceptors (Lipinski definition) is 3. The van der Waals surface area contributed by atoms with E-state index in [9.17, 15) is 4.79 Å². The predicted octanol–water partition coefficient (Wildman–Crippen LogP) is 3.92. The maximum Gasteiger partial charge on any atom is 0.240 e. The Kier molecular flexibility index (Phi) is 2.82. The Balaban J connectivity index is 2.86. The molecule has 2 rings (SSSR count). The molecule has 82 valence electrons. The second-order valence-electron chi connectivity index (χ2n) is 3.51. The van der Waals surface area contributed by atoms with Crippen LogP contribution in [0.1, 0.15) is 18.2 Å². The number of furan rings is 1. The lowest BCUT2D eigenvalue weighted by Gasteiger charge is -1.95. The molecule has 0 fully saturated rings. The zero-order chi connectivity index (χ0) is 11.7. The van der Waals surface area contributed by atoms with Crippen LogP contribution in [0.15, 0.2) is 21.5 Å². The van der Waals surface area contributed by atoms with E-state index in [1.165, 1.54) is 6.08 Å². The number of carbonyl (C=O) groups excluding carboxylic acids is 1. The summed E-state index contributed by atoms with van der Waals surface area (Å²) in [6, 6.07) is 3.41. The van der Waals surface area contributed by atoms with Crippen molar-refractivity contribution in [3.05, 3.63) is 28.5 Å². The Bertz CT molecular complexity index is 595. The molecule has 0 amide bonds. The molecule has 16 heavy (non-hydrogen) atoms. The number of hydrogen-bond donors (Lipinski definition) is 0. The number of rotatable bonds is 2. The third-order valence-corrected chi connectivity index (χ3v) is 2.79. The lowest BCUT2D eigenvalue weighted by atomic mass is 10.1. The molecule has 0 aliphatic heterocycles. The van der Waals surface area contributed by atoms with Crippen LogP contribution in [0.4, 0.5) is 5.69 Å². The molecule has 1 aromatic heterocycles. The fraction of sp³-hybridized carbons (Fsp3) is 0.250. The van der Waals surface area contributed by atoms with Crippen LogP contribution in [0.25, 0.3) is 11.0 Å². The van der Waals surface area contributed by atoms with Crippen molar-refractivity contribution in [2.75, 3.05) is 0 Å². The van der Waals surface area contributed by atoms with Gasteiger partial charge in [0.15, 0.2) is 5.58 Å². The molecule has 0 aliphatic carbocycles. The van der Waals surface area contributed by atoms with Crippen LogP contribution < -0.4 is 0 Å². The first kappa shape index (κ1) is 10.9. The molecule has 1 heterocycles. The third-order valence-electron chi connectivity index (χ3n) is 2.57. The summed E-state index contributed by atoms with van der Waals surface area (Å²) in [5.74, 6) is 0.889. The van der Waals surface area contributed by atoms with Gasteiger partial charge in [0.2, 0.25) is 6.08 Å². The molecule has 0 saturated carbocycles. The normalized spacial score (nSPS) is 10.4. The summed E-state index contributed by atoms with van der Waals surface area (Å²) >= 11 is 5.95. The number of halogens is 1. The third kappa shape index (κ3) is 1.64. The molecule has 2 aromatic rings. The molecule has 0 aliphatic rings. The standard InChI is InChI=1S/C12H10ClNO2/c1-3-11-7(2)9-4-8(13)5-10(14-6-15)12(9)16-11/h4-5H,3H2,1-2H3. The van der Waals surface area contributed by atoms with E-state index in [-0.39, 0.29) is 0 Å². The summed E-state index contributed by atoms with van der Waals surface area (Å²) in [6.45, 7) is 3.98. The zero-order valence-corrected chi connectivity index (χ0v) is 9.76. The summed E-state index contributed by atoms with van der Waals surface area (Å²) in [5.41, 5.74) is 2.07. The first-order valence-electron chi connectivity index (χ1n) is 4.96. The number of nitrogens with zero attached hydrogens (tertiary/aromatic N) is 1. The van der Waals surface area contributed by atoms with E-state index in [2.05, 4.69) is 4.99 Å². The van der Waals surface area contributed by atoms with Gasteiger partial charge >= 0.3 is 0 Å². The molecule has 3 nitrogen and oxygen atoms in total. The van der Waals surface area contributed by atoms with Gasteiger partial charge in [0.05, 0.1) is 0 Å². The molecule has 0 saturated heterocycles. The highest BCUT2D eigenvalue weighted by atomic mass is 35.5. The second-order valence-corrected chi connectivity index (χ2v) is 3.94. The molecule has 4 heteroatoms. The second kappa shape index (κ2) is 4.12. The minimum atomic E-state index is 0.431. The van der Waals surface area contributed by atoms with Gasteiger partial charge in [0.25, 0.3) is 0 Å². The van der Waals surface area contributed by atoms with Crippen molar-refractivity contribution in [3.8, 4) is 0 Å². The van der Waals surface area contributed by atoms with E-state index < -0.39 is 0 Å². The molecule has 0 unspecified atom stereocenters. The highest BCUT2D eigenvalue weighted by molar-refractivity contribution is 6.31. The van der Waals surface area contributed by atoms with Crippen LogP contribution in [0.2, 0.25) is 5.02 Å². The number of fused-ring (bicyclic) bond motifs is 1. The molecular weight excluding hydrogens is 226 g/mol. The monoisotopic (exact) mass is 235 g/mol. The van der Waals surface area contributed by atoms with Crippen molar-refractivity contribution in [3.63, 3.8) is 0 Å². The fourth-order valence-corrected chi connectivity index (χ4v) is 2.00. The molecule has 0 radical (unpaired) electrons. The minimum absolute atomic E-state index is 0.431. The van der Waals surface area contributed by atoms with Crippen molar-refractivity contribution in [1.29, 1.82) is 0 Å². The molecular formula is C12H10ClNO2. The predicted molar refractivity (Wildman–Crippen MR) is 63.1 cm³/mol. The van der Waals surface area contributed by atoms with Crippen LogP contribution >= 0.6 is 11.6 Å². The lowest BCUT2D eigenvalue weighted by molar-refractivity contribution is 0.552. The molecule has 0 atom stereocenters. The van der Waals surface area contributed by atoms with E-state index >= 15 is 0 Å². The maximum atomic E-state index is 10.3. The Morgan fingerprint density at radius 2 is 2.25 bits per heavy atom. The van der Waals surface area contributed by atoms with Gasteiger partial charge < -0.3 is 4.42 Å². The van der Waals surface area contributed by atoms with Crippen LogP contribution in [-0.4, -0.2) is 6.08 Å². The Labute approximate surface area is 97.7 Å². The zero-order valence-electron chi connectivity index (χ0n) is 9.00. The van der Waals surface area contributed by atoms with Gasteiger partial charge in [0.1, 0.15) is 11.4 Å². The van der Waals surface area contributed by atoms with Gasteiger partial charge in [0, 0.05) is 16.8 Å². The summed E-state index contributed by atoms with van der Waals surface area (Å²) in [5, 5.41) is 1.44.